The third-order valence-electron chi connectivity index (χ3n) is 4.43. The van der Waals surface area contributed by atoms with Crippen LogP contribution in [0.5, 0.6) is 0 Å². The van der Waals surface area contributed by atoms with Gasteiger partial charge in [-0.15, -0.1) is 6.58 Å². The molecular weight excluding hydrogens is 252 g/mol. The van der Waals surface area contributed by atoms with E-state index in [1.54, 1.807) is 5.57 Å². The molecule has 0 bridgehead atoms. The van der Waals surface area contributed by atoms with Gasteiger partial charge in [-0.25, -0.2) is 0 Å². The number of allylic oxidation sites excluding steroid dienone is 2. The van der Waals surface area contributed by atoms with E-state index in [1.807, 2.05) is 6.08 Å². The van der Waals surface area contributed by atoms with Crippen molar-refractivity contribution in [2.75, 3.05) is 0 Å². The monoisotopic (exact) mass is 274 g/mol. The van der Waals surface area contributed by atoms with Crippen LogP contribution < -0.4 is 0 Å². The van der Waals surface area contributed by atoms with E-state index in [4.69, 9.17) is 0 Å². The lowest BCUT2D eigenvalue weighted by atomic mass is 9.81. The van der Waals surface area contributed by atoms with E-state index in [0.717, 1.165) is 0 Å². The Morgan fingerprint density at radius 3 is 2.33 bits per heavy atom. The van der Waals surface area contributed by atoms with E-state index in [9.17, 15) is 0 Å². The zero-order chi connectivity index (χ0) is 14.7. The van der Waals surface area contributed by atoms with Crippen molar-refractivity contribution >= 4 is 5.57 Å². The first-order chi connectivity index (χ1) is 10.3. The Hall–Kier alpha value is -2.08. The van der Waals surface area contributed by atoms with Crippen molar-refractivity contribution < 1.29 is 0 Å². The molecule has 0 spiro atoms. The molecule has 0 N–H and O–H groups in total. The van der Waals surface area contributed by atoms with Crippen LogP contribution in [-0.2, 0) is 0 Å². The summed E-state index contributed by atoms with van der Waals surface area (Å²) in [6.07, 6.45) is 5.82. The Labute approximate surface area is 127 Å². The van der Waals surface area contributed by atoms with E-state index < -0.39 is 0 Å². The first kappa shape index (κ1) is 13.9. The van der Waals surface area contributed by atoms with Gasteiger partial charge >= 0.3 is 0 Å². The highest BCUT2D eigenvalue weighted by Crippen LogP contribution is 2.38. The molecular formula is C21H22. The average molecular weight is 274 g/mol. The smallest absolute Gasteiger partial charge is 0.00129 e. The van der Waals surface area contributed by atoms with Gasteiger partial charge in [0, 0.05) is 0 Å². The molecule has 1 saturated carbocycles. The summed E-state index contributed by atoms with van der Waals surface area (Å²) in [4.78, 5) is 0. The predicted molar refractivity (Wildman–Crippen MR) is 91.4 cm³/mol. The fraction of sp³-hybridized carbons (Fsp3) is 0.238. The Kier molecular flexibility index (Phi) is 4.06. The van der Waals surface area contributed by atoms with E-state index in [1.165, 1.54) is 41.5 Å². The molecule has 1 aliphatic carbocycles. The van der Waals surface area contributed by atoms with Crippen molar-refractivity contribution in [3.63, 3.8) is 0 Å². The second kappa shape index (κ2) is 6.13. The van der Waals surface area contributed by atoms with Crippen molar-refractivity contribution in [3.05, 3.63) is 89.5 Å². The second-order valence-corrected chi connectivity index (χ2v) is 5.85. The van der Waals surface area contributed by atoms with Crippen molar-refractivity contribution in [2.24, 2.45) is 0 Å². The fourth-order valence-corrected chi connectivity index (χ4v) is 2.90. The molecule has 0 aromatic heterocycles. The van der Waals surface area contributed by atoms with Gasteiger partial charge in [0.15, 0.2) is 0 Å². The molecule has 106 valence electrons. The Balaban J connectivity index is 2.08. The second-order valence-electron chi connectivity index (χ2n) is 5.85. The maximum atomic E-state index is 3.92. The highest BCUT2D eigenvalue weighted by atomic mass is 14.2. The summed E-state index contributed by atoms with van der Waals surface area (Å²) in [5, 5.41) is 0. The van der Waals surface area contributed by atoms with Crippen molar-refractivity contribution in [3.8, 4) is 0 Å². The third kappa shape index (κ3) is 2.85. The van der Waals surface area contributed by atoms with E-state index in [-0.39, 0.29) is 0 Å². The molecule has 0 nitrogen and oxygen atoms in total. The van der Waals surface area contributed by atoms with Crippen LogP contribution in [0.15, 0.2) is 72.8 Å². The van der Waals surface area contributed by atoms with Gasteiger partial charge in [0.1, 0.15) is 0 Å². The SMILES string of the molecule is C=CC(C)c1cccc(C(=C2CCC2)c2ccccc2)c1. The number of rotatable bonds is 4. The minimum absolute atomic E-state index is 0.397. The van der Waals surface area contributed by atoms with Gasteiger partial charge in [-0.05, 0) is 47.4 Å². The molecule has 21 heavy (non-hydrogen) atoms. The maximum absolute atomic E-state index is 3.92. The zero-order valence-corrected chi connectivity index (χ0v) is 12.7. The molecule has 0 saturated heterocycles. The summed E-state index contributed by atoms with van der Waals surface area (Å²) in [5.74, 6) is 0.397. The third-order valence-corrected chi connectivity index (χ3v) is 4.43. The lowest BCUT2D eigenvalue weighted by Crippen LogP contribution is -2.03. The molecule has 1 atom stereocenters. The lowest BCUT2D eigenvalue weighted by molar-refractivity contribution is 0.666. The minimum atomic E-state index is 0.397. The Bertz CT molecular complexity index is 655. The topological polar surface area (TPSA) is 0 Å². The molecule has 2 aromatic carbocycles. The minimum Gasteiger partial charge on any atom is -0.102 e. The average Bonchev–Trinajstić information content (AvgIpc) is 2.51. The maximum Gasteiger partial charge on any atom is -0.00129 e. The van der Waals surface area contributed by atoms with Crippen LogP contribution in [0, 0.1) is 0 Å². The van der Waals surface area contributed by atoms with Crippen molar-refractivity contribution in [1.29, 1.82) is 0 Å². The summed E-state index contributed by atoms with van der Waals surface area (Å²) >= 11 is 0. The van der Waals surface area contributed by atoms with Crippen LogP contribution >= 0.6 is 0 Å². The van der Waals surface area contributed by atoms with E-state index >= 15 is 0 Å². The molecule has 1 unspecified atom stereocenters. The summed E-state index contributed by atoms with van der Waals surface area (Å²) in [6.45, 7) is 6.12. The van der Waals surface area contributed by atoms with Gasteiger partial charge in [-0.3, -0.25) is 0 Å². The summed E-state index contributed by atoms with van der Waals surface area (Å²) < 4.78 is 0. The normalized spacial score (nSPS) is 15.2. The first-order valence-electron chi connectivity index (χ1n) is 7.80. The first-order valence-corrected chi connectivity index (χ1v) is 7.80. The van der Waals surface area contributed by atoms with Gasteiger partial charge in [0.2, 0.25) is 0 Å². The van der Waals surface area contributed by atoms with Gasteiger partial charge in [-0.2, -0.15) is 0 Å². The molecule has 0 radical (unpaired) electrons. The van der Waals surface area contributed by atoms with E-state index in [0.29, 0.717) is 5.92 Å². The molecule has 1 aliphatic rings. The highest BCUT2D eigenvalue weighted by Gasteiger charge is 2.17. The van der Waals surface area contributed by atoms with Crippen molar-refractivity contribution in [1.82, 2.24) is 0 Å². The largest absolute Gasteiger partial charge is 0.102 e. The molecule has 2 aromatic rings. The van der Waals surface area contributed by atoms with Crippen LogP contribution in [0.4, 0.5) is 0 Å². The summed E-state index contributed by atoms with van der Waals surface area (Å²) in [6, 6.07) is 19.7. The summed E-state index contributed by atoms with van der Waals surface area (Å²) in [7, 11) is 0. The van der Waals surface area contributed by atoms with Crippen LogP contribution in [0.1, 0.15) is 48.8 Å². The van der Waals surface area contributed by atoms with Gasteiger partial charge < -0.3 is 0 Å². The van der Waals surface area contributed by atoms with E-state index in [2.05, 4.69) is 68.1 Å². The van der Waals surface area contributed by atoms with Crippen molar-refractivity contribution in [2.45, 2.75) is 32.1 Å². The Morgan fingerprint density at radius 1 is 1.00 bits per heavy atom. The number of hydrogen-bond acceptors (Lipinski definition) is 0. The highest BCUT2D eigenvalue weighted by molar-refractivity contribution is 5.83. The standard InChI is InChI=1S/C21H22/c1-3-16(2)19-13-8-14-20(15-19)21(18-11-7-12-18)17-9-5-4-6-10-17/h3-6,8-10,13-16H,1,7,11-12H2,2H3. The molecule has 3 rings (SSSR count). The number of hydrogen-bond donors (Lipinski definition) is 0. The van der Waals surface area contributed by atoms with Gasteiger partial charge in [0.05, 0.1) is 0 Å². The number of benzene rings is 2. The zero-order valence-electron chi connectivity index (χ0n) is 12.7. The van der Waals surface area contributed by atoms with Crippen LogP contribution in [0.3, 0.4) is 0 Å². The van der Waals surface area contributed by atoms with Gasteiger partial charge in [0.25, 0.3) is 0 Å². The quantitative estimate of drug-likeness (QED) is 0.603. The lowest BCUT2D eigenvalue weighted by Gasteiger charge is -2.23. The summed E-state index contributed by atoms with van der Waals surface area (Å²) in [5.41, 5.74) is 7.08. The van der Waals surface area contributed by atoms with Crippen LogP contribution in [0.25, 0.3) is 5.57 Å². The van der Waals surface area contributed by atoms with Crippen LogP contribution in [-0.4, -0.2) is 0 Å². The van der Waals surface area contributed by atoms with Crippen LogP contribution in [0.2, 0.25) is 0 Å². The van der Waals surface area contributed by atoms with Gasteiger partial charge in [-0.1, -0.05) is 73.2 Å². The predicted octanol–water partition coefficient (Wildman–Crippen LogP) is 5.96. The Morgan fingerprint density at radius 2 is 1.71 bits per heavy atom. The molecule has 0 heteroatoms. The molecule has 0 aliphatic heterocycles. The molecule has 0 amide bonds. The molecule has 0 heterocycles. The fourth-order valence-electron chi connectivity index (χ4n) is 2.90. The molecule has 1 fully saturated rings.